The molecule has 0 aromatic carbocycles. The monoisotopic (exact) mass is 220 g/mol. The summed E-state index contributed by atoms with van der Waals surface area (Å²) in [5, 5.41) is 0. The molecule has 0 radical (unpaired) electrons. The van der Waals surface area contributed by atoms with Crippen LogP contribution in [0.3, 0.4) is 0 Å². The van der Waals surface area contributed by atoms with E-state index in [0.717, 1.165) is 6.42 Å². The predicted molar refractivity (Wildman–Crippen MR) is 61.4 cm³/mol. The highest BCUT2D eigenvalue weighted by Gasteiger charge is 2.18. The molecule has 3 rings (SSSR count). The average Bonchev–Trinajstić information content (AvgIpc) is 2.62. The lowest BCUT2D eigenvalue weighted by Gasteiger charge is -1.69. The lowest BCUT2D eigenvalue weighted by atomic mass is 10.6. The quantitative estimate of drug-likeness (QED) is 0.633. The Balaban J connectivity index is 0.000000113. The van der Waals surface area contributed by atoms with Crippen LogP contribution in [0.1, 0.15) is 17.7 Å². The molecule has 1 saturated heterocycles. The van der Waals surface area contributed by atoms with Crippen LogP contribution in [0.2, 0.25) is 0 Å². The van der Waals surface area contributed by atoms with Crippen LogP contribution in [0.4, 0.5) is 0 Å². The molecule has 1 aliphatic heterocycles. The third-order valence-corrected chi connectivity index (χ3v) is 4.18. The van der Waals surface area contributed by atoms with Gasteiger partial charge in [-0.1, -0.05) is 21.6 Å². The van der Waals surface area contributed by atoms with Crippen molar-refractivity contribution in [2.75, 3.05) is 11.5 Å². The molecule has 0 spiro atoms. The molecular weight excluding hydrogens is 208 g/mol. The molecule has 0 atom stereocenters. The topological polar surface area (TPSA) is 13.1 Å². The third kappa shape index (κ3) is 2.99. The Morgan fingerprint density at radius 1 is 1.25 bits per heavy atom. The fourth-order valence-electron chi connectivity index (χ4n) is 0.891. The summed E-state index contributed by atoms with van der Waals surface area (Å²) in [4.78, 5) is 0. The van der Waals surface area contributed by atoms with E-state index in [9.17, 15) is 0 Å². The second-order valence-electron chi connectivity index (χ2n) is 2.54. The smallest absolute Gasteiger partial charge is 0.111 e. The highest BCUT2D eigenvalue weighted by atomic mass is 33.1. The number of hydrogen-bond donors (Lipinski definition) is 0. The minimum Gasteiger partial charge on any atom is -0.469 e. The third-order valence-electron chi connectivity index (χ3n) is 1.60. The largest absolute Gasteiger partial charge is 0.469 e. The van der Waals surface area contributed by atoms with Gasteiger partial charge in [0.1, 0.15) is 5.76 Å². The van der Waals surface area contributed by atoms with Crippen molar-refractivity contribution in [1.82, 2.24) is 0 Å². The Labute approximate surface area is 87.5 Å². The minimum absolute atomic E-state index is 0. The molecule has 1 aliphatic carbocycles. The summed E-state index contributed by atoms with van der Waals surface area (Å²) >= 11 is 0. The number of hydrogen-bond acceptors (Lipinski definition) is 3. The Morgan fingerprint density at radius 3 is 2.17 bits per heavy atom. The van der Waals surface area contributed by atoms with Crippen molar-refractivity contribution in [3.63, 3.8) is 0 Å². The summed E-state index contributed by atoms with van der Waals surface area (Å²) in [5.74, 6) is 3.94. The van der Waals surface area contributed by atoms with Crippen LogP contribution in [0, 0.1) is 0 Å². The average molecular weight is 220 g/mol. The molecule has 1 nitrogen and oxygen atoms in total. The summed E-state index contributed by atoms with van der Waals surface area (Å²) < 4.78 is 4.93. The molecule has 2 heterocycles. The maximum Gasteiger partial charge on any atom is 0.111 e. The fraction of sp³-hybridized carbons (Fsp3) is 0.500. The van der Waals surface area contributed by atoms with Gasteiger partial charge >= 0.3 is 0 Å². The molecule has 0 amide bonds. The zero-order valence-electron chi connectivity index (χ0n) is 6.71. The van der Waals surface area contributed by atoms with Gasteiger partial charge in [-0.2, -0.15) is 13.5 Å². The van der Waals surface area contributed by atoms with Crippen LogP contribution < -0.4 is 0 Å². The van der Waals surface area contributed by atoms with Gasteiger partial charge < -0.3 is 4.42 Å². The van der Waals surface area contributed by atoms with Crippen molar-refractivity contribution in [1.29, 1.82) is 0 Å². The van der Waals surface area contributed by atoms with Crippen molar-refractivity contribution in [3.8, 4) is 0 Å². The van der Waals surface area contributed by atoms with Gasteiger partial charge in [0.05, 0.1) is 6.26 Å². The Morgan fingerprint density at radius 2 is 2.00 bits per heavy atom. The Kier molecular flexibility index (Phi) is 4.46. The van der Waals surface area contributed by atoms with E-state index in [-0.39, 0.29) is 13.5 Å². The predicted octanol–water partition coefficient (Wildman–Crippen LogP) is 3.07. The normalized spacial score (nSPS) is 17.0. The van der Waals surface area contributed by atoms with Gasteiger partial charge in [-0.15, -0.1) is 0 Å². The molecule has 1 aromatic rings. The molecule has 12 heavy (non-hydrogen) atoms. The maximum absolute atomic E-state index is 4.93. The molecule has 2 aliphatic rings. The van der Waals surface area contributed by atoms with Crippen molar-refractivity contribution in [3.05, 3.63) is 23.7 Å². The van der Waals surface area contributed by atoms with Crippen molar-refractivity contribution in [2.24, 2.45) is 0 Å². The summed E-state index contributed by atoms with van der Waals surface area (Å²) in [6.45, 7) is 0. The van der Waals surface area contributed by atoms with Gasteiger partial charge in [0, 0.05) is 23.5 Å². The highest BCUT2D eigenvalue weighted by molar-refractivity contribution is 8.77. The van der Waals surface area contributed by atoms with Crippen molar-refractivity contribution in [2.45, 2.75) is 12.8 Å². The van der Waals surface area contributed by atoms with Gasteiger partial charge in [0.25, 0.3) is 0 Å². The van der Waals surface area contributed by atoms with Gasteiger partial charge in [0.15, 0.2) is 0 Å². The standard InChI is InChI=1S/C5H4O.C3H6S2.H2S/c1-2-6-5-3-4(1)5;1-2-4-5-3-1;/h1-2H,3H2;1-3H2;1H2. The first kappa shape index (κ1) is 10.4. The van der Waals surface area contributed by atoms with Gasteiger partial charge in [-0.3, -0.25) is 0 Å². The van der Waals surface area contributed by atoms with E-state index in [2.05, 4.69) is 0 Å². The van der Waals surface area contributed by atoms with Crippen molar-refractivity contribution >= 4 is 35.1 Å². The summed E-state index contributed by atoms with van der Waals surface area (Å²) in [5.41, 5.74) is 1.38. The molecule has 0 unspecified atom stereocenters. The lowest BCUT2D eigenvalue weighted by Crippen LogP contribution is -1.63. The van der Waals surface area contributed by atoms with Crippen LogP contribution in [-0.2, 0) is 6.42 Å². The lowest BCUT2D eigenvalue weighted by molar-refractivity contribution is 0.548. The maximum atomic E-state index is 4.93. The molecule has 1 fully saturated rings. The van der Waals surface area contributed by atoms with Gasteiger partial charge in [-0.05, 0) is 12.5 Å². The first-order valence-electron chi connectivity index (χ1n) is 3.76. The summed E-state index contributed by atoms with van der Waals surface area (Å²) in [6, 6.07) is 2.01. The van der Waals surface area contributed by atoms with Crippen LogP contribution in [-0.4, -0.2) is 11.5 Å². The number of fused-ring (bicyclic) bond motifs is 1. The summed E-state index contributed by atoms with van der Waals surface area (Å²) in [7, 11) is 3.98. The fourth-order valence-corrected chi connectivity index (χ4v) is 3.25. The van der Waals surface area contributed by atoms with E-state index in [1.54, 1.807) is 6.26 Å². The molecule has 0 N–H and O–H groups in total. The first-order valence-corrected chi connectivity index (χ1v) is 6.25. The number of furan rings is 1. The molecule has 1 aromatic heterocycles. The SMILES string of the molecule is C1CSSC1.S.c1cc2c(o1)C2. The molecule has 4 heteroatoms. The second-order valence-corrected chi connectivity index (χ2v) is 5.25. The zero-order chi connectivity index (χ0) is 7.52. The van der Waals surface area contributed by atoms with E-state index in [0.29, 0.717) is 0 Å². The Bertz CT molecular complexity index is 206. The summed E-state index contributed by atoms with van der Waals surface area (Å²) in [6.07, 6.45) is 4.26. The van der Waals surface area contributed by atoms with Crippen LogP contribution >= 0.6 is 35.1 Å². The van der Waals surface area contributed by atoms with E-state index in [4.69, 9.17) is 4.42 Å². The van der Waals surface area contributed by atoms with E-state index < -0.39 is 0 Å². The molecule has 0 saturated carbocycles. The van der Waals surface area contributed by atoms with Crippen LogP contribution in [0.5, 0.6) is 0 Å². The van der Waals surface area contributed by atoms with E-state index in [1.165, 1.54) is 29.3 Å². The molecule has 0 bridgehead atoms. The Hall–Kier alpha value is 0.330. The van der Waals surface area contributed by atoms with E-state index >= 15 is 0 Å². The van der Waals surface area contributed by atoms with E-state index in [1.807, 2.05) is 27.7 Å². The van der Waals surface area contributed by atoms with Crippen LogP contribution in [0.15, 0.2) is 16.7 Å². The van der Waals surface area contributed by atoms with Crippen molar-refractivity contribution < 1.29 is 4.42 Å². The number of rotatable bonds is 0. The highest BCUT2D eigenvalue weighted by Crippen LogP contribution is 2.29. The van der Waals surface area contributed by atoms with Gasteiger partial charge in [-0.25, -0.2) is 0 Å². The minimum atomic E-state index is 0. The van der Waals surface area contributed by atoms with Gasteiger partial charge in [0.2, 0.25) is 0 Å². The molecule has 68 valence electrons. The molecular formula is C8H12OS3. The van der Waals surface area contributed by atoms with Crippen LogP contribution in [0.25, 0.3) is 0 Å². The first-order chi connectivity index (χ1) is 5.47. The second kappa shape index (κ2) is 5.14. The zero-order valence-corrected chi connectivity index (χ0v) is 9.34.